The minimum Gasteiger partial charge on any atom is -0.478 e. The molecule has 162 valence electrons. The SMILES string of the molecule is CCOP(=O)(OCC)C1=C[C@H](NC(=N)N)[C@@H](NC(C)=O)[C@H]([C@H](O)[C@H](O)CO)O1. The van der Waals surface area contributed by atoms with Gasteiger partial charge in [0.1, 0.15) is 18.3 Å². The van der Waals surface area contributed by atoms with Crippen LogP contribution in [-0.2, 0) is 23.1 Å². The van der Waals surface area contributed by atoms with Crippen molar-refractivity contribution in [3.63, 3.8) is 0 Å². The van der Waals surface area contributed by atoms with Gasteiger partial charge in [0.25, 0.3) is 0 Å². The lowest BCUT2D eigenvalue weighted by Crippen LogP contribution is -2.63. The minimum atomic E-state index is -3.93. The maximum atomic E-state index is 13.1. The predicted molar refractivity (Wildman–Crippen MR) is 99.4 cm³/mol. The van der Waals surface area contributed by atoms with Crippen LogP contribution in [0.5, 0.6) is 0 Å². The normalized spacial score (nSPS) is 24.5. The molecule has 0 aromatic rings. The number of carbonyl (C=O) groups is 1. The second kappa shape index (κ2) is 10.7. The van der Waals surface area contributed by atoms with Crippen LogP contribution >= 0.6 is 7.60 Å². The first-order valence-corrected chi connectivity index (χ1v) is 10.3. The number of nitrogens with two attached hydrogens (primary N) is 1. The Morgan fingerprint density at radius 1 is 1.36 bits per heavy atom. The molecule has 12 nitrogen and oxygen atoms in total. The number of ether oxygens (including phenoxy) is 1. The zero-order valence-electron chi connectivity index (χ0n) is 16.0. The average molecular weight is 424 g/mol. The predicted octanol–water partition coefficient (Wildman–Crippen LogP) is -1.44. The van der Waals surface area contributed by atoms with Gasteiger partial charge in [-0.1, -0.05) is 0 Å². The molecule has 13 heteroatoms. The molecule has 1 heterocycles. The summed E-state index contributed by atoms with van der Waals surface area (Å²) in [6.07, 6.45) is -3.38. The summed E-state index contributed by atoms with van der Waals surface area (Å²) in [5.74, 6) is -0.953. The standard InChI is InChI=1S/C15H29N4O8P/c1-4-25-28(24,26-5-2)11-6-9(19-15(16)17)12(18-8(3)21)14(27-11)13(23)10(22)7-20/h6,9-10,12-14,20,22-23H,4-5,7H2,1-3H3,(H,18,21)(H4,16,17,19)/t9-,10+,12+,13+,14+/m0/s1. The molecule has 1 aliphatic rings. The highest BCUT2D eigenvalue weighted by molar-refractivity contribution is 7.58. The summed E-state index contributed by atoms with van der Waals surface area (Å²) in [5.41, 5.74) is 5.13. The third-order valence-corrected chi connectivity index (χ3v) is 5.79. The van der Waals surface area contributed by atoms with E-state index in [0.29, 0.717) is 0 Å². The second-order valence-corrected chi connectivity index (χ2v) is 7.92. The van der Waals surface area contributed by atoms with E-state index in [1.807, 2.05) is 0 Å². The highest BCUT2D eigenvalue weighted by Crippen LogP contribution is 2.58. The summed E-state index contributed by atoms with van der Waals surface area (Å²) < 4.78 is 29.2. The summed E-state index contributed by atoms with van der Waals surface area (Å²) in [7, 11) is -3.93. The van der Waals surface area contributed by atoms with Gasteiger partial charge < -0.3 is 45.5 Å². The van der Waals surface area contributed by atoms with Crippen LogP contribution in [0.1, 0.15) is 20.8 Å². The number of aliphatic hydroxyl groups excluding tert-OH is 3. The number of aliphatic hydroxyl groups is 3. The van der Waals surface area contributed by atoms with Crippen LogP contribution in [0.3, 0.4) is 0 Å². The van der Waals surface area contributed by atoms with E-state index in [1.54, 1.807) is 13.8 Å². The first-order chi connectivity index (χ1) is 13.1. The number of rotatable bonds is 10. The third-order valence-electron chi connectivity index (χ3n) is 3.80. The van der Waals surface area contributed by atoms with Gasteiger partial charge in [-0.2, -0.15) is 0 Å². The molecule has 1 aliphatic heterocycles. The van der Waals surface area contributed by atoms with Gasteiger partial charge in [0.05, 0.1) is 31.9 Å². The number of amides is 1. The fraction of sp³-hybridized carbons (Fsp3) is 0.733. The Bertz CT molecular complexity index is 621. The molecule has 8 N–H and O–H groups in total. The van der Waals surface area contributed by atoms with Crippen molar-refractivity contribution in [3.05, 3.63) is 11.6 Å². The lowest BCUT2D eigenvalue weighted by atomic mass is 9.93. The van der Waals surface area contributed by atoms with Crippen molar-refractivity contribution in [3.8, 4) is 0 Å². The molecule has 0 aliphatic carbocycles. The molecule has 0 aromatic carbocycles. The lowest BCUT2D eigenvalue weighted by molar-refractivity contribution is -0.126. The summed E-state index contributed by atoms with van der Waals surface area (Å²) in [4.78, 5) is 11.6. The van der Waals surface area contributed by atoms with E-state index in [4.69, 9.17) is 30.0 Å². The molecule has 0 radical (unpaired) electrons. The van der Waals surface area contributed by atoms with Gasteiger partial charge in [0.15, 0.2) is 5.96 Å². The highest BCUT2D eigenvalue weighted by atomic mass is 31.2. The Morgan fingerprint density at radius 3 is 2.36 bits per heavy atom. The van der Waals surface area contributed by atoms with Crippen molar-refractivity contribution < 1.29 is 38.5 Å². The van der Waals surface area contributed by atoms with E-state index in [2.05, 4.69) is 10.6 Å². The van der Waals surface area contributed by atoms with Crippen molar-refractivity contribution in [2.24, 2.45) is 5.73 Å². The molecule has 0 saturated heterocycles. The quantitative estimate of drug-likeness (QED) is 0.124. The van der Waals surface area contributed by atoms with Crippen molar-refractivity contribution in [1.29, 1.82) is 5.41 Å². The molecule has 0 bridgehead atoms. The summed E-state index contributed by atoms with van der Waals surface area (Å²) in [6.45, 7) is 3.70. The molecule has 5 atom stereocenters. The Labute approximate surface area is 163 Å². The van der Waals surface area contributed by atoms with Crippen molar-refractivity contribution in [1.82, 2.24) is 10.6 Å². The number of hydrogen-bond donors (Lipinski definition) is 7. The van der Waals surface area contributed by atoms with E-state index in [1.165, 1.54) is 13.0 Å². The fourth-order valence-electron chi connectivity index (χ4n) is 2.70. The summed E-state index contributed by atoms with van der Waals surface area (Å²) in [5, 5.41) is 42.0. The fourth-order valence-corrected chi connectivity index (χ4v) is 4.30. The molecule has 0 unspecified atom stereocenters. The number of hydrogen-bond acceptors (Lipinski definition) is 9. The number of carbonyl (C=O) groups excluding carboxylic acids is 1. The summed E-state index contributed by atoms with van der Waals surface area (Å²) >= 11 is 0. The van der Waals surface area contributed by atoms with Crippen LogP contribution in [0.2, 0.25) is 0 Å². The van der Waals surface area contributed by atoms with Gasteiger partial charge >= 0.3 is 7.60 Å². The smallest absolute Gasteiger partial charge is 0.395 e. The molecule has 1 rings (SSSR count). The molecule has 0 fully saturated rings. The first kappa shape index (κ1) is 24.3. The van der Waals surface area contributed by atoms with Crippen LogP contribution in [-0.4, -0.2) is 77.4 Å². The van der Waals surface area contributed by atoms with Crippen molar-refractivity contribution >= 4 is 19.5 Å². The first-order valence-electron chi connectivity index (χ1n) is 8.72. The Morgan fingerprint density at radius 2 is 1.93 bits per heavy atom. The minimum absolute atomic E-state index is 0.0321. The van der Waals surface area contributed by atoms with E-state index in [-0.39, 0.29) is 18.7 Å². The van der Waals surface area contributed by atoms with E-state index in [0.717, 1.165) is 0 Å². The molecular formula is C15H29N4O8P. The van der Waals surface area contributed by atoms with Gasteiger partial charge in [-0.25, -0.2) is 0 Å². The topological polar surface area (TPSA) is 196 Å². The van der Waals surface area contributed by atoms with Crippen LogP contribution in [0, 0.1) is 5.41 Å². The average Bonchev–Trinajstić information content (AvgIpc) is 2.61. The monoisotopic (exact) mass is 424 g/mol. The van der Waals surface area contributed by atoms with Gasteiger partial charge in [0.2, 0.25) is 11.4 Å². The number of nitrogens with one attached hydrogen (secondary N) is 3. The van der Waals surface area contributed by atoms with Crippen LogP contribution in [0.25, 0.3) is 0 Å². The van der Waals surface area contributed by atoms with Crippen molar-refractivity contribution in [2.45, 2.75) is 51.2 Å². The van der Waals surface area contributed by atoms with Gasteiger partial charge in [-0.15, -0.1) is 0 Å². The Kier molecular flexibility index (Phi) is 9.34. The van der Waals surface area contributed by atoms with Gasteiger partial charge in [-0.05, 0) is 19.9 Å². The van der Waals surface area contributed by atoms with Crippen LogP contribution < -0.4 is 16.4 Å². The maximum Gasteiger partial charge on any atom is 0.395 e. The molecule has 1 amide bonds. The molecular weight excluding hydrogens is 395 g/mol. The van der Waals surface area contributed by atoms with Crippen molar-refractivity contribution in [2.75, 3.05) is 19.8 Å². The summed E-state index contributed by atoms with van der Waals surface area (Å²) in [6, 6.07) is -1.98. The maximum absolute atomic E-state index is 13.1. The molecule has 28 heavy (non-hydrogen) atoms. The van der Waals surface area contributed by atoms with E-state index < -0.39 is 56.5 Å². The zero-order valence-corrected chi connectivity index (χ0v) is 16.9. The van der Waals surface area contributed by atoms with Gasteiger partial charge in [-0.3, -0.25) is 14.8 Å². The van der Waals surface area contributed by atoms with E-state index in [9.17, 15) is 19.6 Å². The zero-order chi connectivity index (χ0) is 21.5. The van der Waals surface area contributed by atoms with Gasteiger partial charge in [0, 0.05) is 6.92 Å². The van der Waals surface area contributed by atoms with Crippen LogP contribution in [0.15, 0.2) is 11.6 Å². The highest BCUT2D eigenvalue weighted by Gasteiger charge is 2.47. The largest absolute Gasteiger partial charge is 0.478 e. The second-order valence-electron chi connectivity index (χ2n) is 5.97. The molecule has 0 saturated carbocycles. The lowest BCUT2D eigenvalue weighted by Gasteiger charge is -2.41. The third kappa shape index (κ3) is 6.16. The van der Waals surface area contributed by atoms with Crippen LogP contribution in [0.4, 0.5) is 0 Å². The Hall–Kier alpha value is -1.69. The molecule has 0 spiro atoms. The molecule has 0 aromatic heterocycles. The van der Waals surface area contributed by atoms with E-state index >= 15 is 0 Å². The Balaban J connectivity index is 3.44. The number of guanidine groups is 1.